The number of carbonyl (C=O) groups excluding carboxylic acids is 4. The standard InChI is InChI=1S/C24H24N2O7/c1-14(27)16-3-5-18(6-4-16)25-23(29)15(2)33-24(30)17-11-22(28)26(13-17)19-7-8-20-21(12-19)32-10-9-31-20/h3-8,12,15,17H,9-11,13H2,1-2H3,(H,25,29)/t15-,17+/m0/s1. The van der Waals surface area contributed by atoms with Crippen molar-refractivity contribution < 1.29 is 33.4 Å². The number of hydrogen-bond acceptors (Lipinski definition) is 7. The topological polar surface area (TPSA) is 111 Å². The van der Waals surface area contributed by atoms with E-state index >= 15 is 0 Å². The lowest BCUT2D eigenvalue weighted by molar-refractivity contribution is -0.157. The second-order valence-electron chi connectivity index (χ2n) is 7.94. The summed E-state index contributed by atoms with van der Waals surface area (Å²) in [5, 5.41) is 2.65. The number of hydrogen-bond donors (Lipinski definition) is 1. The molecule has 0 unspecified atom stereocenters. The number of benzene rings is 2. The molecule has 1 N–H and O–H groups in total. The van der Waals surface area contributed by atoms with Crippen molar-refractivity contribution in [2.75, 3.05) is 30.0 Å². The van der Waals surface area contributed by atoms with Gasteiger partial charge in [-0.15, -0.1) is 0 Å². The van der Waals surface area contributed by atoms with E-state index in [2.05, 4.69) is 5.32 Å². The quantitative estimate of drug-likeness (QED) is 0.530. The first kappa shape index (κ1) is 22.3. The highest BCUT2D eigenvalue weighted by Gasteiger charge is 2.37. The maximum atomic E-state index is 12.6. The summed E-state index contributed by atoms with van der Waals surface area (Å²) >= 11 is 0. The molecule has 2 amide bonds. The van der Waals surface area contributed by atoms with Gasteiger partial charge >= 0.3 is 5.97 Å². The maximum Gasteiger partial charge on any atom is 0.312 e. The molecule has 0 bridgehead atoms. The molecule has 2 aliphatic heterocycles. The van der Waals surface area contributed by atoms with Crippen molar-refractivity contribution in [1.82, 2.24) is 0 Å². The normalized spacial score (nSPS) is 17.9. The first-order valence-electron chi connectivity index (χ1n) is 10.6. The smallest absolute Gasteiger partial charge is 0.312 e. The summed E-state index contributed by atoms with van der Waals surface area (Å²) < 4.78 is 16.4. The molecule has 33 heavy (non-hydrogen) atoms. The molecule has 2 aromatic rings. The first-order valence-corrected chi connectivity index (χ1v) is 10.6. The number of fused-ring (bicyclic) bond motifs is 1. The van der Waals surface area contributed by atoms with Crippen molar-refractivity contribution in [2.24, 2.45) is 5.92 Å². The average Bonchev–Trinajstić information content (AvgIpc) is 3.20. The number of nitrogens with zero attached hydrogens (tertiary/aromatic N) is 1. The van der Waals surface area contributed by atoms with Crippen LogP contribution in [-0.2, 0) is 19.1 Å². The van der Waals surface area contributed by atoms with Crippen LogP contribution in [0.4, 0.5) is 11.4 Å². The van der Waals surface area contributed by atoms with Crippen LogP contribution in [0.2, 0.25) is 0 Å². The Labute approximate surface area is 190 Å². The number of amides is 2. The third-order valence-electron chi connectivity index (χ3n) is 5.52. The van der Waals surface area contributed by atoms with E-state index in [1.807, 2.05) is 0 Å². The molecular weight excluding hydrogens is 428 g/mol. The van der Waals surface area contributed by atoms with Crippen molar-refractivity contribution in [3.8, 4) is 11.5 Å². The molecule has 9 nitrogen and oxygen atoms in total. The van der Waals surface area contributed by atoms with Crippen LogP contribution in [0, 0.1) is 5.92 Å². The number of ether oxygens (including phenoxy) is 3. The second kappa shape index (κ2) is 9.32. The van der Waals surface area contributed by atoms with Crippen LogP contribution in [0.1, 0.15) is 30.6 Å². The van der Waals surface area contributed by atoms with E-state index in [0.717, 1.165) is 0 Å². The lowest BCUT2D eigenvalue weighted by Gasteiger charge is -2.22. The number of nitrogens with one attached hydrogen (secondary N) is 1. The van der Waals surface area contributed by atoms with Gasteiger partial charge in [0.2, 0.25) is 5.91 Å². The molecule has 1 fully saturated rings. The largest absolute Gasteiger partial charge is 0.486 e. The zero-order valence-electron chi connectivity index (χ0n) is 18.3. The van der Waals surface area contributed by atoms with E-state index in [1.165, 1.54) is 18.7 Å². The lowest BCUT2D eigenvalue weighted by atomic mass is 10.1. The predicted molar refractivity (Wildman–Crippen MR) is 119 cm³/mol. The number of Topliss-reactive ketones (excluding diaryl/α,β-unsaturated/α-hetero) is 1. The number of carbonyl (C=O) groups is 4. The molecule has 172 valence electrons. The molecule has 2 atom stereocenters. The van der Waals surface area contributed by atoms with Crippen LogP contribution in [0.25, 0.3) is 0 Å². The van der Waals surface area contributed by atoms with Crippen LogP contribution >= 0.6 is 0 Å². The number of esters is 1. The zero-order valence-corrected chi connectivity index (χ0v) is 18.3. The van der Waals surface area contributed by atoms with Crippen molar-refractivity contribution in [1.29, 1.82) is 0 Å². The third kappa shape index (κ3) is 4.97. The Bertz CT molecular complexity index is 1100. The summed E-state index contributed by atoms with van der Waals surface area (Å²) in [6, 6.07) is 11.6. The highest BCUT2D eigenvalue weighted by Crippen LogP contribution is 2.36. The van der Waals surface area contributed by atoms with Gasteiger partial charge in [-0.2, -0.15) is 0 Å². The molecule has 9 heteroatoms. The van der Waals surface area contributed by atoms with Gasteiger partial charge in [-0.3, -0.25) is 19.2 Å². The molecule has 0 aromatic heterocycles. The summed E-state index contributed by atoms with van der Waals surface area (Å²) in [5.41, 5.74) is 1.62. The SMILES string of the molecule is CC(=O)c1ccc(NC(=O)[C@H](C)OC(=O)[C@@H]2CC(=O)N(c3ccc4c(c3)OCCO4)C2)cc1. The monoisotopic (exact) mass is 452 g/mol. The maximum absolute atomic E-state index is 12.6. The Morgan fingerprint density at radius 1 is 1.06 bits per heavy atom. The van der Waals surface area contributed by atoms with Crippen molar-refractivity contribution >= 4 is 34.9 Å². The fourth-order valence-electron chi connectivity index (χ4n) is 3.67. The second-order valence-corrected chi connectivity index (χ2v) is 7.94. The van der Waals surface area contributed by atoms with Gasteiger partial charge in [0.25, 0.3) is 5.91 Å². The summed E-state index contributed by atoms with van der Waals surface area (Å²) in [6.45, 7) is 3.97. The number of anilines is 2. The molecule has 0 radical (unpaired) electrons. The van der Waals surface area contributed by atoms with Gasteiger partial charge in [-0.1, -0.05) is 0 Å². The van der Waals surface area contributed by atoms with E-state index in [-0.39, 0.29) is 24.7 Å². The molecule has 0 aliphatic carbocycles. The van der Waals surface area contributed by atoms with E-state index in [0.29, 0.717) is 41.7 Å². The molecule has 1 saturated heterocycles. The van der Waals surface area contributed by atoms with Crippen molar-refractivity contribution in [3.63, 3.8) is 0 Å². The Morgan fingerprint density at radius 3 is 2.45 bits per heavy atom. The van der Waals surface area contributed by atoms with E-state index in [1.54, 1.807) is 42.5 Å². The molecule has 2 heterocycles. The van der Waals surface area contributed by atoms with Crippen LogP contribution in [-0.4, -0.2) is 49.4 Å². The van der Waals surface area contributed by atoms with E-state index in [4.69, 9.17) is 14.2 Å². The minimum atomic E-state index is -1.05. The van der Waals surface area contributed by atoms with Gasteiger partial charge in [-0.25, -0.2) is 0 Å². The minimum absolute atomic E-state index is 0.00583. The van der Waals surface area contributed by atoms with Crippen molar-refractivity contribution in [3.05, 3.63) is 48.0 Å². The predicted octanol–water partition coefficient (Wildman–Crippen LogP) is 2.58. The fourth-order valence-corrected chi connectivity index (χ4v) is 3.67. The third-order valence-corrected chi connectivity index (χ3v) is 5.52. The molecule has 0 saturated carbocycles. The Kier molecular flexibility index (Phi) is 6.30. The summed E-state index contributed by atoms with van der Waals surface area (Å²) in [4.78, 5) is 50.4. The summed E-state index contributed by atoms with van der Waals surface area (Å²) in [5.74, 6) is -0.925. The molecule has 2 aliphatic rings. The highest BCUT2D eigenvalue weighted by molar-refractivity contribution is 6.01. The Balaban J connectivity index is 1.34. The van der Waals surface area contributed by atoms with E-state index in [9.17, 15) is 19.2 Å². The van der Waals surface area contributed by atoms with Gasteiger partial charge in [-0.05, 0) is 50.2 Å². The number of ketones is 1. The van der Waals surface area contributed by atoms with Gasteiger partial charge in [0.1, 0.15) is 13.2 Å². The van der Waals surface area contributed by atoms with Crippen LogP contribution in [0.15, 0.2) is 42.5 Å². The Morgan fingerprint density at radius 2 is 1.76 bits per heavy atom. The fraction of sp³-hybridized carbons (Fsp3) is 0.333. The number of rotatable bonds is 6. The lowest BCUT2D eigenvalue weighted by Crippen LogP contribution is -2.33. The molecule has 0 spiro atoms. The zero-order chi connectivity index (χ0) is 23.5. The average molecular weight is 452 g/mol. The summed E-state index contributed by atoms with van der Waals surface area (Å²) in [7, 11) is 0. The van der Waals surface area contributed by atoms with Crippen LogP contribution < -0.4 is 19.7 Å². The molecule has 2 aromatic carbocycles. The van der Waals surface area contributed by atoms with Crippen molar-refractivity contribution in [2.45, 2.75) is 26.4 Å². The minimum Gasteiger partial charge on any atom is -0.486 e. The van der Waals surface area contributed by atoms with Gasteiger partial charge in [0.15, 0.2) is 23.4 Å². The first-order chi connectivity index (χ1) is 15.8. The van der Waals surface area contributed by atoms with Gasteiger partial charge in [0, 0.05) is 36.0 Å². The van der Waals surface area contributed by atoms with Crippen LogP contribution in [0.3, 0.4) is 0 Å². The van der Waals surface area contributed by atoms with E-state index < -0.39 is 23.9 Å². The van der Waals surface area contributed by atoms with Gasteiger partial charge in [0.05, 0.1) is 5.92 Å². The summed E-state index contributed by atoms with van der Waals surface area (Å²) in [6.07, 6.45) is -1.06. The molecular formula is C24H24N2O7. The highest BCUT2D eigenvalue weighted by atomic mass is 16.6. The Hall–Kier alpha value is -3.88. The molecule has 4 rings (SSSR count). The van der Waals surface area contributed by atoms with Gasteiger partial charge < -0.3 is 24.4 Å². The van der Waals surface area contributed by atoms with Crippen LogP contribution in [0.5, 0.6) is 11.5 Å².